The molecule has 2 heterocycles. The molecule has 0 aromatic carbocycles. The third-order valence-corrected chi connectivity index (χ3v) is 4.87. The fraction of sp³-hybridized carbons (Fsp3) is 0.600. The summed E-state index contributed by atoms with van der Waals surface area (Å²) in [6, 6.07) is 2.25. The molecule has 2 rings (SSSR count). The van der Waals surface area contributed by atoms with Crippen molar-refractivity contribution in [1.82, 2.24) is 9.88 Å². The molecule has 0 saturated carbocycles. The highest BCUT2D eigenvalue weighted by Crippen LogP contribution is 2.22. The van der Waals surface area contributed by atoms with Gasteiger partial charge < -0.3 is 4.90 Å². The zero-order valence-corrected chi connectivity index (χ0v) is 15.1. The van der Waals surface area contributed by atoms with E-state index in [1.807, 2.05) is 4.90 Å². The van der Waals surface area contributed by atoms with Gasteiger partial charge in [-0.2, -0.15) is 0 Å². The Balaban J connectivity index is 2.11. The smallest absolute Gasteiger partial charge is 0.222 e. The maximum absolute atomic E-state index is 12.4. The van der Waals surface area contributed by atoms with Crippen LogP contribution in [0.5, 0.6) is 0 Å². The summed E-state index contributed by atoms with van der Waals surface area (Å²) < 4.78 is 0. The maximum atomic E-state index is 12.4. The van der Waals surface area contributed by atoms with Crippen molar-refractivity contribution in [2.75, 3.05) is 13.1 Å². The molecular weight excluding hydrogens is 284 g/mol. The van der Waals surface area contributed by atoms with Gasteiger partial charge in [-0.25, -0.2) is 0 Å². The highest BCUT2D eigenvalue weighted by atomic mass is 16.2. The predicted octanol–water partition coefficient (Wildman–Crippen LogP) is 4.32. The van der Waals surface area contributed by atoms with Crippen molar-refractivity contribution in [2.24, 2.45) is 0 Å². The Hall–Kier alpha value is -1.64. The molecule has 0 N–H and O–H groups in total. The Labute approximate surface area is 140 Å². The number of aromatic nitrogens is 1. The van der Waals surface area contributed by atoms with Crippen molar-refractivity contribution < 1.29 is 4.79 Å². The van der Waals surface area contributed by atoms with Crippen LogP contribution in [0, 0.1) is 6.92 Å². The summed E-state index contributed by atoms with van der Waals surface area (Å²) >= 11 is 0. The predicted molar refractivity (Wildman–Crippen MR) is 96.4 cm³/mol. The molecule has 0 spiro atoms. The second kappa shape index (κ2) is 8.28. The van der Waals surface area contributed by atoms with E-state index >= 15 is 0 Å². The van der Waals surface area contributed by atoms with Crippen LogP contribution in [0.25, 0.3) is 5.57 Å². The summed E-state index contributed by atoms with van der Waals surface area (Å²) in [5.74, 6) is 0.287. The molecule has 0 atom stereocenters. The van der Waals surface area contributed by atoms with Gasteiger partial charge in [0.05, 0.1) is 5.69 Å². The number of likely N-dealkylation sites (tertiary alicyclic amines) is 1. The summed E-state index contributed by atoms with van der Waals surface area (Å²) in [6.07, 6.45) is 7.98. The quantitative estimate of drug-likeness (QED) is 0.811. The van der Waals surface area contributed by atoms with Crippen molar-refractivity contribution in [1.29, 1.82) is 0 Å². The molecule has 23 heavy (non-hydrogen) atoms. The summed E-state index contributed by atoms with van der Waals surface area (Å²) in [6.45, 7) is 10.3. The molecule has 0 radical (unpaired) electrons. The van der Waals surface area contributed by atoms with Crippen LogP contribution in [0.3, 0.4) is 0 Å². The first-order valence-electron chi connectivity index (χ1n) is 8.97. The van der Waals surface area contributed by atoms with Crippen molar-refractivity contribution in [2.45, 2.75) is 66.2 Å². The number of piperidine rings is 1. The average molecular weight is 314 g/mol. The molecule has 1 aromatic rings. The molecule has 3 heteroatoms. The lowest BCUT2D eigenvalue weighted by atomic mass is 10.00. The van der Waals surface area contributed by atoms with Crippen LogP contribution < -0.4 is 0 Å². The fourth-order valence-corrected chi connectivity index (χ4v) is 3.24. The van der Waals surface area contributed by atoms with Gasteiger partial charge >= 0.3 is 0 Å². The SMILES string of the molecule is C/C=C(/C)c1nc(CCC(=O)N2CCCCC2)c(C)cc1CC. The van der Waals surface area contributed by atoms with Crippen LogP contribution in [-0.4, -0.2) is 28.9 Å². The molecular formula is C20H30N2O. The number of pyridine rings is 1. The largest absolute Gasteiger partial charge is 0.343 e. The molecule has 1 aliphatic heterocycles. The molecule has 3 nitrogen and oxygen atoms in total. The van der Waals surface area contributed by atoms with Gasteiger partial charge in [-0.05, 0) is 69.6 Å². The number of hydrogen-bond donors (Lipinski definition) is 0. The van der Waals surface area contributed by atoms with Crippen molar-refractivity contribution >= 4 is 11.5 Å². The normalized spacial score (nSPS) is 15.8. The molecule has 1 amide bonds. The third-order valence-electron chi connectivity index (χ3n) is 4.87. The molecule has 1 aliphatic rings. The van der Waals surface area contributed by atoms with Gasteiger partial charge in [0.15, 0.2) is 0 Å². The Morgan fingerprint density at radius 1 is 1.30 bits per heavy atom. The molecule has 0 unspecified atom stereocenters. The number of amides is 1. The second-order valence-electron chi connectivity index (χ2n) is 6.53. The van der Waals surface area contributed by atoms with Crippen LogP contribution in [-0.2, 0) is 17.6 Å². The Morgan fingerprint density at radius 3 is 2.61 bits per heavy atom. The molecule has 126 valence electrons. The van der Waals surface area contributed by atoms with Gasteiger partial charge in [-0.3, -0.25) is 9.78 Å². The van der Waals surface area contributed by atoms with E-state index in [1.54, 1.807) is 0 Å². The first-order chi connectivity index (χ1) is 11.1. The first-order valence-corrected chi connectivity index (χ1v) is 8.97. The lowest BCUT2D eigenvalue weighted by Crippen LogP contribution is -2.35. The van der Waals surface area contributed by atoms with Crippen LogP contribution in [0.2, 0.25) is 0 Å². The summed E-state index contributed by atoms with van der Waals surface area (Å²) in [5.41, 5.74) is 5.89. The van der Waals surface area contributed by atoms with E-state index in [-0.39, 0.29) is 5.91 Å². The van der Waals surface area contributed by atoms with Crippen molar-refractivity contribution in [3.63, 3.8) is 0 Å². The number of rotatable bonds is 5. The van der Waals surface area contributed by atoms with Gasteiger partial charge in [-0.15, -0.1) is 0 Å². The average Bonchev–Trinajstić information content (AvgIpc) is 2.60. The molecule has 1 saturated heterocycles. The minimum absolute atomic E-state index is 0.287. The van der Waals surface area contributed by atoms with Gasteiger partial charge in [-0.1, -0.05) is 19.1 Å². The number of carbonyl (C=O) groups excluding carboxylic acids is 1. The van der Waals surface area contributed by atoms with E-state index in [4.69, 9.17) is 4.98 Å². The zero-order chi connectivity index (χ0) is 16.8. The lowest BCUT2D eigenvalue weighted by Gasteiger charge is -2.26. The fourth-order valence-electron chi connectivity index (χ4n) is 3.24. The molecule has 0 bridgehead atoms. The van der Waals surface area contributed by atoms with Crippen LogP contribution in [0.4, 0.5) is 0 Å². The van der Waals surface area contributed by atoms with Gasteiger partial charge in [0.2, 0.25) is 5.91 Å². The van der Waals surface area contributed by atoms with Crippen molar-refractivity contribution in [3.8, 4) is 0 Å². The lowest BCUT2D eigenvalue weighted by molar-refractivity contribution is -0.132. The van der Waals surface area contributed by atoms with E-state index in [0.29, 0.717) is 6.42 Å². The Bertz CT molecular complexity index is 584. The molecule has 1 fully saturated rings. The summed E-state index contributed by atoms with van der Waals surface area (Å²) in [4.78, 5) is 19.3. The highest BCUT2D eigenvalue weighted by molar-refractivity contribution is 5.76. The van der Waals surface area contributed by atoms with E-state index < -0.39 is 0 Å². The van der Waals surface area contributed by atoms with E-state index in [1.165, 1.54) is 23.1 Å². The zero-order valence-electron chi connectivity index (χ0n) is 15.1. The van der Waals surface area contributed by atoms with E-state index in [9.17, 15) is 4.79 Å². The number of allylic oxidation sites excluding steroid dienone is 2. The number of carbonyl (C=O) groups is 1. The van der Waals surface area contributed by atoms with Crippen LogP contribution in [0.15, 0.2) is 12.1 Å². The Kier molecular flexibility index (Phi) is 6.37. The monoisotopic (exact) mass is 314 g/mol. The van der Waals surface area contributed by atoms with E-state index in [0.717, 1.165) is 50.2 Å². The number of hydrogen-bond acceptors (Lipinski definition) is 2. The molecule has 0 aliphatic carbocycles. The second-order valence-corrected chi connectivity index (χ2v) is 6.53. The minimum Gasteiger partial charge on any atom is -0.343 e. The van der Waals surface area contributed by atoms with Gasteiger partial charge in [0.25, 0.3) is 0 Å². The summed E-state index contributed by atoms with van der Waals surface area (Å²) in [7, 11) is 0. The molecule has 1 aromatic heterocycles. The van der Waals surface area contributed by atoms with Crippen LogP contribution in [0.1, 0.15) is 69.0 Å². The van der Waals surface area contributed by atoms with Crippen molar-refractivity contribution in [3.05, 3.63) is 34.7 Å². The van der Waals surface area contributed by atoms with Gasteiger partial charge in [0.1, 0.15) is 0 Å². The third kappa shape index (κ3) is 4.43. The summed E-state index contributed by atoms with van der Waals surface area (Å²) in [5, 5.41) is 0. The minimum atomic E-state index is 0.287. The highest BCUT2D eigenvalue weighted by Gasteiger charge is 2.17. The van der Waals surface area contributed by atoms with E-state index in [2.05, 4.69) is 39.8 Å². The van der Waals surface area contributed by atoms with Crippen LogP contribution >= 0.6 is 0 Å². The first kappa shape index (κ1) is 17.7. The topological polar surface area (TPSA) is 33.2 Å². The standard InChI is InChI=1S/C20H30N2O/c1-5-15(3)20-17(6-2)14-16(4)18(21-20)10-11-19(23)22-12-8-7-9-13-22/h5,14H,6-13H2,1-4H3/b15-5-. The van der Waals surface area contributed by atoms with Gasteiger partial charge in [0, 0.05) is 25.2 Å². The number of nitrogens with zero attached hydrogens (tertiary/aromatic N) is 2. The number of aryl methyl sites for hydroxylation is 3. The maximum Gasteiger partial charge on any atom is 0.222 e. The Morgan fingerprint density at radius 2 is 2.00 bits per heavy atom.